The molecular weight excluding hydrogens is 446 g/mol. The Labute approximate surface area is 205 Å². The van der Waals surface area contributed by atoms with E-state index in [-0.39, 0.29) is 6.10 Å². The van der Waals surface area contributed by atoms with E-state index in [9.17, 15) is 0 Å². The number of ether oxygens (including phenoxy) is 4. The summed E-state index contributed by atoms with van der Waals surface area (Å²) in [5.41, 5.74) is 2.80. The maximum absolute atomic E-state index is 6.53. The summed E-state index contributed by atoms with van der Waals surface area (Å²) in [5, 5.41) is 3.55. The van der Waals surface area contributed by atoms with E-state index < -0.39 is 0 Å². The van der Waals surface area contributed by atoms with Gasteiger partial charge in [-0.15, -0.1) is 0 Å². The summed E-state index contributed by atoms with van der Waals surface area (Å²) in [6.07, 6.45) is 9.35. The molecule has 2 fully saturated rings. The molecule has 1 aliphatic heterocycles. The van der Waals surface area contributed by atoms with Gasteiger partial charge in [-0.2, -0.15) is 0 Å². The molecule has 2 aromatic heterocycles. The molecular formula is C26H33N5O4. The van der Waals surface area contributed by atoms with Gasteiger partial charge in [-0.3, -0.25) is 4.98 Å². The molecule has 35 heavy (non-hydrogen) atoms. The lowest BCUT2D eigenvalue weighted by Crippen LogP contribution is -2.36. The Kier molecular flexibility index (Phi) is 7.75. The van der Waals surface area contributed by atoms with E-state index in [1.54, 1.807) is 25.7 Å². The molecule has 5 rings (SSSR count). The summed E-state index contributed by atoms with van der Waals surface area (Å²) in [5.74, 6) is 2.44. The normalized spacial score (nSPS) is 20.5. The van der Waals surface area contributed by atoms with Gasteiger partial charge in [-0.1, -0.05) is 0 Å². The Balaban J connectivity index is 1.18. The number of hydrogen-bond acceptors (Lipinski definition) is 9. The largest absolute Gasteiger partial charge is 0.490 e. The maximum atomic E-state index is 6.53. The molecule has 0 amide bonds. The summed E-state index contributed by atoms with van der Waals surface area (Å²) in [7, 11) is 1.66. The van der Waals surface area contributed by atoms with Gasteiger partial charge in [-0.05, 0) is 43.9 Å². The number of fused-ring (bicyclic) bond motifs is 1. The maximum Gasteiger partial charge on any atom is 0.149 e. The number of rotatable bonds is 9. The standard InChI is InChI=1S/C26H33N5O4/c1-32-14-15-34-22-6-7-25(29-18-22)30-19-2-4-21(5-3-19)35-24-17-20(31-10-12-33-13-11-31)16-23-26(24)28-9-8-27-23/h6-9,16-19,21H,2-5,10-15H2,1H3,(H,29,30)/t19-,21+. The third-order valence-electron chi connectivity index (χ3n) is 6.51. The van der Waals surface area contributed by atoms with Crippen LogP contribution in [0.25, 0.3) is 11.0 Å². The van der Waals surface area contributed by atoms with Crippen molar-refractivity contribution >= 4 is 22.5 Å². The number of nitrogens with zero attached hydrogens (tertiary/aromatic N) is 4. The highest BCUT2D eigenvalue weighted by Gasteiger charge is 2.24. The summed E-state index contributed by atoms with van der Waals surface area (Å²) in [4.78, 5) is 15.9. The summed E-state index contributed by atoms with van der Waals surface area (Å²) in [6, 6.07) is 8.49. The lowest BCUT2D eigenvalue weighted by Gasteiger charge is -2.31. The Bertz CT molecular complexity index is 1080. The minimum atomic E-state index is 0.155. The number of benzene rings is 1. The van der Waals surface area contributed by atoms with Crippen LogP contribution in [0.15, 0.2) is 42.9 Å². The molecule has 9 heteroatoms. The van der Waals surface area contributed by atoms with Gasteiger partial charge in [0.05, 0.1) is 37.6 Å². The summed E-state index contributed by atoms with van der Waals surface area (Å²) >= 11 is 0. The average Bonchev–Trinajstić information content (AvgIpc) is 2.91. The zero-order chi connectivity index (χ0) is 23.9. The predicted molar refractivity (Wildman–Crippen MR) is 134 cm³/mol. The monoisotopic (exact) mass is 479 g/mol. The van der Waals surface area contributed by atoms with Gasteiger partial charge < -0.3 is 29.2 Å². The van der Waals surface area contributed by atoms with E-state index in [4.69, 9.17) is 18.9 Å². The van der Waals surface area contributed by atoms with Crippen LogP contribution in [0.2, 0.25) is 0 Å². The second-order valence-corrected chi connectivity index (χ2v) is 8.92. The van der Waals surface area contributed by atoms with E-state index in [1.165, 1.54) is 0 Å². The highest BCUT2D eigenvalue weighted by Crippen LogP contribution is 2.33. The van der Waals surface area contributed by atoms with Crippen molar-refractivity contribution in [1.82, 2.24) is 15.0 Å². The SMILES string of the molecule is COCCOc1ccc(N[C@H]2CC[C@@H](Oc3cc(N4CCOCC4)cc4nccnc34)CC2)nc1. The smallest absolute Gasteiger partial charge is 0.149 e. The van der Waals surface area contributed by atoms with Crippen LogP contribution in [0, 0.1) is 0 Å². The number of pyridine rings is 1. The first-order valence-electron chi connectivity index (χ1n) is 12.4. The van der Waals surface area contributed by atoms with Crippen LogP contribution in [0.3, 0.4) is 0 Å². The molecule has 0 spiro atoms. The zero-order valence-electron chi connectivity index (χ0n) is 20.2. The van der Waals surface area contributed by atoms with Gasteiger partial charge in [0.1, 0.15) is 29.4 Å². The van der Waals surface area contributed by atoms with Crippen LogP contribution in [0.4, 0.5) is 11.5 Å². The molecule has 0 bridgehead atoms. The second-order valence-electron chi connectivity index (χ2n) is 8.92. The molecule has 1 saturated carbocycles. The topological polar surface area (TPSA) is 90.9 Å². The van der Waals surface area contributed by atoms with Crippen LogP contribution in [-0.4, -0.2) is 73.7 Å². The third kappa shape index (κ3) is 6.10. The minimum absolute atomic E-state index is 0.155. The van der Waals surface area contributed by atoms with Crippen molar-refractivity contribution in [3.05, 3.63) is 42.9 Å². The van der Waals surface area contributed by atoms with E-state index in [0.717, 1.165) is 86.0 Å². The molecule has 1 saturated heterocycles. The van der Waals surface area contributed by atoms with Gasteiger partial charge >= 0.3 is 0 Å². The zero-order valence-corrected chi connectivity index (χ0v) is 20.2. The number of methoxy groups -OCH3 is 1. The molecule has 0 radical (unpaired) electrons. The molecule has 1 aromatic carbocycles. The molecule has 1 aliphatic carbocycles. The van der Waals surface area contributed by atoms with Crippen LogP contribution in [-0.2, 0) is 9.47 Å². The second kappa shape index (κ2) is 11.5. The van der Waals surface area contributed by atoms with Crippen molar-refractivity contribution in [2.24, 2.45) is 0 Å². The molecule has 9 nitrogen and oxygen atoms in total. The molecule has 3 heterocycles. The Morgan fingerprint density at radius 2 is 1.83 bits per heavy atom. The summed E-state index contributed by atoms with van der Waals surface area (Å²) < 4.78 is 22.6. The van der Waals surface area contributed by atoms with E-state index in [1.807, 2.05) is 12.1 Å². The van der Waals surface area contributed by atoms with Crippen molar-refractivity contribution in [3.8, 4) is 11.5 Å². The fourth-order valence-corrected chi connectivity index (χ4v) is 4.63. The molecule has 0 unspecified atom stereocenters. The lowest BCUT2D eigenvalue weighted by atomic mass is 9.93. The minimum Gasteiger partial charge on any atom is -0.490 e. The van der Waals surface area contributed by atoms with Crippen LogP contribution in [0.5, 0.6) is 11.5 Å². The van der Waals surface area contributed by atoms with E-state index >= 15 is 0 Å². The quantitative estimate of drug-likeness (QED) is 0.461. The molecule has 0 atom stereocenters. The van der Waals surface area contributed by atoms with Gasteiger partial charge in [0.25, 0.3) is 0 Å². The Morgan fingerprint density at radius 3 is 2.60 bits per heavy atom. The van der Waals surface area contributed by atoms with Gasteiger partial charge in [0.2, 0.25) is 0 Å². The number of nitrogens with one attached hydrogen (secondary N) is 1. The average molecular weight is 480 g/mol. The first kappa shape index (κ1) is 23.6. The molecule has 1 N–H and O–H groups in total. The van der Waals surface area contributed by atoms with E-state index in [0.29, 0.717) is 19.3 Å². The van der Waals surface area contributed by atoms with Crippen molar-refractivity contribution in [3.63, 3.8) is 0 Å². The Morgan fingerprint density at radius 1 is 1.00 bits per heavy atom. The number of aromatic nitrogens is 3. The van der Waals surface area contributed by atoms with Gasteiger partial charge in [0.15, 0.2) is 0 Å². The van der Waals surface area contributed by atoms with Gasteiger partial charge in [-0.25, -0.2) is 9.97 Å². The Hall–Kier alpha value is -3.17. The van der Waals surface area contributed by atoms with Crippen molar-refractivity contribution < 1.29 is 18.9 Å². The third-order valence-corrected chi connectivity index (χ3v) is 6.51. The molecule has 186 valence electrons. The lowest BCUT2D eigenvalue weighted by molar-refractivity contribution is 0.122. The highest BCUT2D eigenvalue weighted by atomic mass is 16.5. The molecule has 2 aliphatic rings. The number of morpholine rings is 1. The van der Waals surface area contributed by atoms with Crippen molar-refractivity contribution in [2.75, 3.05) is 56.8 Å². The van der Waals surface area contributed by atoms with E-state index in [2.05, 4.69) is 37.3 Å². The van der Waals surface area contributed by atoms with Gasteiger partial charge in [0, 0.05) is 50.4 Å². The molecule has 3 aromatic rings. The number of anilines is 2. The van der Waals surface area contributed by atoms with Crippen LogP contribution in [0.1, 0.15) is 25.7 Å². The fourth-order valence-electron chi connectivity index (χ4n) is 4.63. The summed E-state index contributed by atoms with van der Waals surface area (Å²) in [6.45, 7) is 4.30. The predicted octanol–water partition coefficient (Wildman–Crippen LogP) is 3.69. The van der Waals surface area contributed by atoms with Crippen LogP contribution >= 0.6 is 0 Å². The van der Waals surface area contributed by atoms with Crippen molar-refractivity contribution in [1.29, 1.82) is 0 Å². The highest BCUT2D eigenvalue weighted by molar-refractivity contribution is 5.85. The fraction of sp³-hybridized carbons (Fsp3) is 0.500. The van der Waals surface area contributed by atoms with Crippen LogP contribution < -0.4 is 19.7 Å². The first-order chi connectivity index (χ1) is 17.3. The first-order valence-corrected chi connectivity index (χ1v) is 12.4. The van der Waals surface area contributed by atoms with Crippen molar-refractivity contribution in [2.45, 2.75) is 37.8 Å². The number of hydrogen-bond donors (Lipinski definition) is 1.